The molecule has 2 aromatic heterocycles. The first-order valence-corrected chi connectivity index (χ1v) is 4.90. The van der Waals surface area contributed by atoms with Crippen LogP contribution >= 0.6 is 0 Å². The maximum Gasteiger partial charge on any atom is 0.120 e. The van der Waals surface area contributed by atoms with E-state index in [1.165, 1.54) is 0 Å². The van der Waals surface area contributed by atoms with Gasteiger partial charge in [-0.1, -0.05) is 0 Å². The van der Waals surface area contributed by atoms with Crippen molar-refractivity contribution in [1.82, 2.24) is 25.1 Å². The summed E-state index contributed by atoms with van der Waals surface area (Å²) in [5, 5.41) is 7.35. The Kier molecular flexibility index (Phi) is 2.55. The molecule has 80 valence electrons. The van der Waals surface area contributed by atoms with Gasteiger partial charge in [0.25, 0.3) is 0 Å². The Labute approximate surface area is 88.5 Å². The second kappa shape index (κ2) is 3.86. The molecule has 0 atom stereocenters. The zero-order valence-corrected chi connectivity index (χ0v) is 9.20. The second-order valence-electron chi connectivity index (χ2n) is 3.58. The molecule has 0 radical (unpaired) electrons. The predicted molar refractivity (Wildman–Crippen MR) is 58.3 cm³/mol. The van der Waals surface area contributed by atoms with Crippen molar-refractivity contribution in [3.8, 4) is 11.3 Å². The van der Waals surface area contributed by atoms with Gasteiger partial charge in [0.2, 0.25) is 0 Å². The van der Waals surface area contributed by atoms with Gasteiger partial charge in [0.15, 0.2) is 0 Å². The van der Waals surface area contributed by atoms with Crippen molar-refractivity contribution in [2.45, 2.75) is 13.5 Å². The van der Waals surface area contributed by atoms with Gasteiger partial charge in [0, 0.05) is 18.8 Å². The maximum absolute atomic E-state index is 4.30. The molecule has 0 spiro atoms. The Morgan fingerprint density at radius 2 is 2.33 bits per heavy atom. The fraction of sp³-hybridized carbons (Fsp3) is 0.400. The number of nitrogens with one attached hydrogen (secondary N) is 2. The number of hydrogen-bond donors (Lipinski definition) is 2. The fourth-order valence-corrected chi connectivity index (χ4v) is 1.62. The van der Waals surface area contributed by atoms with Crippen molar-refractivity contribution >= 4 is 0 Å². The summed E-state index contributed by atoms with van der Waals surface area (Å²) in [6, 6.07) is 0. The Bertz CT molecular complexity index is 454. The highest BCUT2D eigenvalue weighted by atomic mass is 15.2. The van der Waals surface area contributed by atoms with Crippen molar-refractivity contribution in [2.24, 2.45) is 7.05 Å². The van der Waals surface area contributed by atoms with Crippen LogP contribution in [-0.2, 0) is 13.6 Å². The number of aromatic amines is 1. The van der Waals surface area contributed by atoms with E-state index in [1.54, 1.807) is 0 Å². The van der Waals surface area contributed by atoms with E-state index in [4.69, 9.17) is 0 Å². The molecule has 0 aliphatic heterocycles. The molecule has 0 aliphatic rings. The van der Waals surface area contributed by atoms with Gasteiger partial charge in [-0.15, -0.1) is 0 Å². The van der Waals surface area contributed by atoms with Crippen LogP contribution < -0.4 is 5.32 Å². The number of nitrogens with zero attached hydrogens (tertiary/aromatic N) is 3. The largest absolute Gasteiger partial charge is 0.341 e. The standard InChI is InChI=1S/C10H15N5/c1-7-8(6-15(3)14-7)9-4-12-10(13-9)5-11-2/h4,6,11H,5H2,1-3H3,(H,12,13). The van der Waals surface area contributed by atoms with Gasteiger partial charge in [-0.05, 0) is 14.0 Å². The molecule has 0 aliphatic carbocycles. The van der Waals surface area contributed by atoms with Gasteiger partial charge >= 0.3 is 0 Å². The van der Waals surface area contributed by atoms with E-state index in [0.717, 1.165) is 29.3 Å². The van der Waals surface area contributed by atoms with Crippen LogP contribution in [0.2, 0.25) is 0 Å². The number of aryl methyl sites for hydroxylation is 2. The number of H-pyrrole nitrogens is 1. The Morgan fingerprint density at radius 3 is 2.93 bits per heavy atom. The smallest absolute Gasteiger partial charge is 0.120 e. The lowest BCUT2D eigenvalue weighted by atomic mass is 10.2. The van der Waals surface area contributed by atoms with E-state index in [0.29, 0.717) is 0 Å². The third-order valence-electron chi connectivity index (χ3n) is 2.28. The van der Waals surface area contributed by atoms with Crippen molar-refractivity contribution in [2.75, 3.05) is 7.05 Å². The Hall–Kier alpha value is -1.62. The summed E-state index contributed by atoms with van der Waals surface area (Å²) in [7, 11) is 3.82. The van der Waals surface area contributed by atoms with Gasteiger partial charge < -0.3 is 10.3 Å². The Morgan fingerprint density at radius 1 is 1.53 bits per heavy atom. The molecule has 2 N–H and O–H groups in total. The van der Waals surface area contributed by atoms with E-state index >= 15 is 0 Å². The predicted octanol–water partition coefficient (Wildman–Crippen LogP) is 0.838. The first-order valence-electron chi connectivity index (χ1n) is 4.90. The first-order chi connectivity index (χ1) is 7.20. The highest BCUT2D eigenvalue weighted by molar-refractivity contribution is 5.60. The lowest BCUT2D eigenvalue weighted by molar-refractivity contribution is 0.756. The molecule has 5 nitrogen and oxygen atoms in total. The highest BCUT2D eigenvalue weighted by Crippen LogP contribution is 2.19. The molecule has 0 bridgehead atoms. The Balaban J connectivity index is 2.32. The molecule has 2 heterocycles. The third-order valence-corrected chi connectivity index (χ3v) is 2.28. The van der Waals surface area contributed by atoms with Crippen LogP contribution in [0, 0.1) is 6.92 Å². The van der Waals surface area contributed by atoms with Gasteiger partial charge in [0.1, 0.15) is 5.82 Å². The molecule has 2 rings (SSSR count). The number of hydrogen-bond acceptors (Lipinski definition) is 3. The molecular formula is C10H15N5. The lowest BCUT2D eigenvalue weighted by Crippen LogP contribution is -2.06. The van der Waals surface area contributed by atoms with E-state index in [1.807, 2.05) is 38.1 Å². The van der Waals surface area contributed by atoms with Gasteiger partial charge in [-0.25, -0.2) is 4.98 Å². The summed E-state index contributed by atoms with van der Waals surface area (Å²) < 4.78 is 1.81. The number of aromatic nitrogens is 4. The fourth-order valence-electron chi connectivity index (χ4n) is 1.62. The highest BCUT2D eigenvalue weighted by Gasteiger charge is 2.08. The monoisotopic (exact) mass is 205 g/mol. The lowest BCUT2D eigenvalue weighted by Gasteiger charge is -1.94. The molecule has 0 saturated carbocycles. The minimum absolute atomic E-state index is 0.749. The first kappa shape index (κ1) is 9.92. The molecule has 15 heavy (non-hydrogen) atoms. The summed E-state index contributed by atoms with van der Waals surface area (Å²) in [6.45, 7) is 2.74. The average molecular weight is 205 g/mol. The number of imidazole rings is 1. The van der Waals surface area contributed by atoms with Crippen LogP contribution in [0.5, 0.6) is 0 Å². The van der Waals surface area contributed by atoms with Crippen LogP contribution in [-0.4, -0.2) is 26.8 Å². The summed E-state index contributed by atoms with van der Waals surface area (Å²) in [4.78, 5) is 7.54. The van der Waals surface area contributed by atoms with Crippen molar-refractivity contribution in [3.05, 3.63) is 23.9 Å². The van der Waals surface area contributed by atoms with Crippen LogP contribution in [0.25, 0.3) is 11.3 Å². The second-order valence-corrected chi connectivity index (χ2v) is 3.58. The van der Waals surface area contributed by atoms with E-state index in [-0.39, 0.29) is 0 Å². The van der Waals surface area contributed by atoms with Crippen molar-refractivity contribution < 1.29 is 0 Å². The van der Waals surface area contributed by atoms with Gasteiger partial charge in [-0.2, -0.15) is 5.10 Å². The molecule has 5 heteroatoms. The molecule has 2 aromatic rings. The van der Waals surface area contributed by atoms with Crippen molar-refractivity contribution in [3.63, 3.8) is 0 Å². The van der Waals surface area contributed by atoms with Crippen LogP contribution in [0.1, 0.15) is 11.5 Å². The van der Waals surface area contributed by atoms with E-state index in [9.17, 15) is 0 Å². The summed E-state index contributed by atoms with van der Waals surface area (Å²) in [6.07, 6.45) is 3.84. The topological polar surface area (TPSA) is 58.5 Å². The SMILES string of the molecule is CNCc1ncc(-c2cn(C)nc2C)[nH]1. The van der Waals surface area contributed by atoms with Crippen LogP contribution in [0.4, 0.5) is 0 Å². The van der Waals surface area contributed by atoms with Crippen LogP contribution in [0.3, 0.4) is 0 Å². The normalized spacial score (nSPS) is 10.9. The molecule has 0 fully saturated rings. The third kappa shape index (κ3) is 1.92. The zero-order chi connectivity index (χ0) is 10.8. The average Bonchev–Trinajstić information content (AvgIpc) is 2.73. The van der Waals surface area contributed by atoms with Gasteiger partial charge in [0.05, 0.1) is 24.1 Å². The van der Waals surface area contributed by atoms with Crippen LogP contribution in [0.15, 0.2) is 12.4 Å². The molecule has 0 aromatic carbocycles. The molecular weight excluding hydrogens is 190 g/mol. The minimum atomic E-state index is 0.749. The maximum atomic E-state index is 4.30. The van der Waals surface area contributed by atoms with Crippen molar-refractivity contribution in [1.29, 1.82) is 0 Å². The minimum Gasteiger partial charge on any atom is -0.341 e. The zero-order valence-electron chi connectivity index (χ0n) is 9.20. The molecule has 0 unspecified atom stereocenters. The van der Waals surface area contributed by atoms with E-state index in [2.05, 4.69) is 20.4 Å². The molecule has 0 saturated heterocycles. The molecule has 0 amide bonds. The number of rotatable bonds is 3. The van der Waals surface area contributed by atoms with E-state index < -0.39 is 0 Å². The summed E-state index contributed by atoms with van der Waals surface area (Å²) >= 11 is 0. The quantitative estimate of drug-likeness (QED) is 0.780. The van der Waals surface area contributed by atoms with Gasteiger partial charge in [-0.3, -0.25) is 4.68 Å². The summed E-state index contributed by atoms with van der Waals surface area (Å²) in [5.74, 6) is 0.941. The summed E-state index contributed by atoms with van der Waals surface area (Å²) in [5.41, 5.74) is 3.13.